The van der Waals surface area contributed by atoms with Crippen molar-refractivity contribution in [2.45, 2.75) is 0 Å². The SMILES string of the molecule is Clc1ccc(-[n+]2cc3ccccn3c2-c2ccccc2)cc1.[Cl-]. The lowest BCUT2D eigenvalue weighted by Crippen LogP contribution is -3.00. The van der Waals surface area contributed by atoms with Crippen LogP contribution in [0.1, 0.15) is 0 Å². The zero-order valence-electron chi connectivity index (χ0n) is 12.2. The standard InChI is InChI=1S/C19H14ClN2.ClH/c20-16-9-11-17(12-10-16)22-14-18-8-4-5-13-21(18)19(22)15-6-2-1-3-7-15;/h1-14H;1H/q+1;/p-1. The summed E-state index contributed by atoms with van der Waals surface area (Å²) in [7, 11) is 0. The van der Waals surface area contributed by atoms with E-state index in [9.17, 15) is 0 Å². The molecule has 0 N–H and O–H groups in total. The average molecular weight is 341 g/mol. The number of halogens is 2. The van der Waals surface area contributed by atoms with Gasteiger partial charge in [0.1, 0.15) is 11.9 Å². The van der Waals surface area contributed by atoms with E-state index in [1.165, 1.54) is 5.56 Å². The quantitative estimate of drug-likeness (QED) is 0.489. The minimum atomic E-state index is 0. The van der Waals surface area contributed by atoms with Gasteiger partial charge in [0.2, 0.25) is 0 Å². The van der Waals surface area contributed by atoms with Crippen molar-refractivity contribution in [1.29, 1.82) is 0 Å². The average Bonchev–Trinajstić information content (AvgIpc) is 2.96. The fourth-order valence-corrected chi connectivity index (χ4v) is 2.85. The predicted molar refractivity (Wildman–Crippen MR) is 89.4 cm³/mol. The molecule has 0 fully saturated rings. The highest BCUT2D eigenvalue weighted by atomic mass is 35.5. The van der Waals surface area contributed by atoms with Crippen LogP contribution in [0.25, 0.3) is 22.6 Å². The summed E-state index contributed by atoms with van der Waals surface area (Å²) in [4.78, 5) is 0. The number of imidazole rings is 1. The number of pyridine rings is 1. The van der Waals surface area contributed by atoms with Gasteiger partial charge in [0.05, 0.1) is 11.8 Å². The third-order valence-corrected chi connectivity index (χ3v) is 4.00. The summed E-state index contributed by atoms with van der Waals surface area (Å²) in [5.41, 5.74) is 3.41. The Bertz CT molecular complexity index is 929. The number of hydrogen-bond donors (Lipinski definition) is 0. The molecule has 0 spiro atoms. The molecule has 4 aromatic rings. The van der Waals surface area contributed by atoms with Crippen molar-refractivity contribution in [3.05, 3.63) is 90.2 Å². The van der Waals surface area contributed by atoms with Gasteiger partial charge in [-0.2, -0.15) is 8.97 Å². The molecule has 0 amide bonds. The summed E-state index contributed by atoms with van der Waals surface area (Å²) in [5, 5.41) is 0.745. The zero-order chi connectivity index (χ0) is 14.9. The van der Waals surface area contributed by atoms with Crippen LogP contribution in [0.15, 0.2) is 85.2 Å². The van der Waals surface area contributed by atoms with Crippen molar-refractivity contribution < 1.29 is 17.0 Å². The molecule has 114 valence electrons. The Kier molecular flexibility index (Phi) is 4.37. The molecular weight excluding hydrogens is 327 g/mol. The van der Waals surface area contributed by atoms with Crippen LogP contribution in [0, 0.1) is 0 Å². The molecule has 4 rings (SSSR count). The lowest BCUT2D eigenvalue weighted by atomic mass is 10.2. The lowest BCUT2D eigenvalue weighted by Gasteiger charge is -2.02. The molecule has 0 aliphatic heterocycles. The smallest absolute Gasteiger partial charge is 0.299 e. The van der Waals surface area contributed by atoms with Gasteiger partial charge in [0, 0.05) is 5.02 Å². The highest BCUT2D eigenvalue weighted by Crippen LogP contribution is 2.20. The van der Waals surface area contributed by atoms with Crippen molar-refractivity contribution in [2.75, 3.05) is 0 Å². The van der Waals surface area contributed by atoms with Crippen molar-refractivity contribution >= 4 is 17.1 Å². The largest absolute Gasteiger partial charge is 1.00 e. The van der Waals surface area contributed by atoms with Crippen LogP contribution in [0.4, 0.5) is 0 Å². The molecule has 0 aliphatic rings. The maximum absolute atomic E-state index is 6.02. The first-order valence-electron chi connectivity index (χ1n) is 7.16. The topological polar surface area (TPSA) is 8.29 Å². The molecule has 2 aromatic carbocycles. The van der Waals surface area contributed by atoms with Crippen LogP contribution in [-0.4, -0.2) is 4.40 Å². The number of benzene rings is 2. The zero-order valence-corrected chi connectivity index (χ0v) is 13.7. The Morgan fingerprint density at radius 1 is 0.783 bits per heavy atom. The molecule has 4 heteroatoms. The molecule has 23 heavy (non-hydrogen) atoms. The Morgan fingerprint density at radius 3 is 2.22 bits per heavy atom. The second kappa shape index (κ2) is 6.45. The van der Waals surface area contributed by atoms with Gasteiger partial charge in [0.25, 0.3) is 5.82 Å². The maximum Gasteiger partial charge on any atom is 0.299 e. The van der Waals surface area contributed by atoms with Crippen LogP contribution in [-0.2, 0) is 0 Å². The fourth-order valence-electron chi connectivity index (χ4n) is 2.73. The van der Waals surface area contributed by atoms with E-state index < -0.39 is 0 Å². The Hall–Kier alpha value is -2.29. The van der Waals surface area contributed by atoms with Crippen LogP contribution in [0.2, 0.25) is 5.02 Å². The van der Waals surface area contributed by atoms with Crippen molar-refractivity contribution in [2.24, 2.45) is 0 Å². The molecular formula is C19H14Cl2N2. The van der Waals surface area contributed by atoms with E-state index in [0.717, 1.165) is 22.1 Å². The normalized spacial score (nSPS) is 10.5. The molecule has 0 radical (unpaired) electrons. The van der Waals surface area contributed by atoms with E-state index in [4.69, 9.17) is 11.6 Å². The van der Waals surface area contributed by atoms with E-state index in [0.29, 0.717) is 0 Å². The van der Waals surface area contributed by atoms with Crippen molar-refractivity contribution in [3.63, 3.8) is 0 Å². The van der Waals surface area contributed by atoms with Gasteiger partial charge in [0.15, 0.2) is 5.52 Å². The number of rotatable bonds is 2. The van der Waals surface area contributed by atoms with Gasteiger partial charge in [-0.3, -0.25) is 0 Å². The summed E-state index contributed by atoms with van der Waals surface area (Å²) in [6.07, 6.45) is 4.23. The fraction of sp³-hybridized carbons (Fsp3) is 0. The Morgan fingerprint density at radius 2 is 1.48 bits per heavy atom. The molecule has 0 bridgehead atoms. The number of hydrogen-bond acceptors (Lipinski definition) is 0. The van der Waals surface area contributed by atoms with Gasteiger partial charge in [-0.15, -0.1) is 0 Å². The van der Waals surface area contributed by atoms with Crippen LogP contribution in [0.5, 0.6) is 0 Å². The second-order valence-electron chi connectivity index (χ2n) is 5.16. The minimum absolute atomic E-state index is 0. The second-order valence-corrected chi connectivity index (χ2v) is 5.60. The maximum atomic E-state index is 6.02. The highest BCUT2D eigenvalue weighted by Gasteiger charge is 2.20. The molecule has 2 heterocycles. The highest BCUT2D eigenvalue weighted by molar-refractivity contribution is 6.30. The predicted octanol–water partition coefficient (Wildman–Crippen LogP) is 1.54. The summed E-state index contributed by atoms with van der Waals surface area (Å²) in [6, 6.07) is 24.5. The first-order chi connectivity index (χ1) is 10.8. The molecule has 0 saturated carbocycles. The van der Waals surface area contributed by atoms with Crippen LogP contribution < -0.4 is 17.0 Å². The third kappa shape index (κ3) is 2.83. The minimum Gasteiger partial charge on any atom is -1.00 e. The summed E-state index contributed by atoms with van der Waals surface area (Å²) >= 11 is 6.02. The van der Waals surface area contributed by atoms with Crippen molar-refractivity contribution in [1.82, 2.24) is 4.40 Å². The monoisotopic (exact) mass is 340 g/mol. The van der Waals surface area contributed by atoms with E-state index in [-0.39, 0.29) is 12.4 Å². The van der Waals surface area contributed by atoms with E-state index in [1.807, 2.05) is 36.4 Å². The van der Waals surface area contributed by atoms with Crippen LogP contribution in [0.3, 0.4) is 0 Å². The summed E-state index contributed by atoms with van der Waals surface area (Å²) in [6.45, 7) is 0. The van der Waals surface area contributed by atoms with Crippen LogP contribution >= 0.6 is 11.6 Å². The number of nitrogens with zero attached hydrogens (tertiary/aromatic N) is 2. The van der Waals surface area contributed by atoms with Gasteiger partial charge in [-0.25, -0.2) is 0 Å². The molecule has 2 aromatic heterocycles. The Balaban J connectivity index is 0.00000156. The number of aromatic nitrogens is 2. The van der Waals surface area contributed by atoms with E-state index >= 15 is 0 Å². The molecule has 2 nitrogen and oxygen atoms in total. The summed E-state index contributed by atoms with van der Waals surface area (Å²) in [5.74, 6) is 1.12. The molecule has 0 unspecified atom stereocenters. The van der Waals surface area contributed by atoms with E-state index in [1.54, 1.807) is 0 Å². The molecule has 0 atom stereocenters. The third-order valence-electron chi connectivity index (χ3n) is 3.75. The first-order valence-corrected chi connectivity index (χ1v) is 7.54. The molecule has 0 aliphatic carbocycles. The van der Waals surface area contributed by atoms with Gasteiger partial charge in [-0.1, -0.05) is 35.9 Å². The lowest BCUT2D eigenvalue weighted by molar-refractivity contribution is -0.582. The van der Waals surface area contributed by atoms with Gasteiger partial charge in [-0.05, 0) is 48.5 Å². The first kappa shape index (κ1) is 15.6. The number of fused-ring (bicyclic) bond motifs is 1. The Labute approximate surface area is 146 Å². The van der Waals surface area contributed by atoms with Gasteiger partial charge < -0.3 is 12.4 Å². The summed E-state index contributed by atoms with van der Waals surface area (Å²) < 4.78 is 4.39. The molecule has 0 saturated heterocycles. The van der Waals surface area contributed by atoms with Crippen molar-refractivity contribution in [3.8, 4) is 17.1 Å². The van der Waals surface area contributed by atoms with Gasteiger partial charge >= 0.3 is 0 Å². The van der Waals surface area contributed by atoms with E-state index in [2.05, 4.69) is 57.8 Å².